The predicted octanol–water partition coefficient (Wildman–Crippen LogP) is 12.7. The van der Waals surface area contributed by atoms with Crippen molar-refractivity contribution >= 4 is 51.0 Å². The summed E-state index contributed by atoms with van der Waals surface area (Å²) in [4.78, 5) is 49.1. The number of aromatic nitrogens is 8. The molecule has 12 rings (SSSR count). The fraction of sp³-hybridized carbons (Fsp3) is 0.471. The van der Waals surface area contributed by atoms with Crippen molar-refractivity contribution in [1.82, 2.24) is 60.0 Å². The van der Waals surface area contributed by atoms with Gasteiger partial charge in [-0.15, -0.1) is 0 Å². The van der Waals surface area contributed by atoms with Gasteiger partial charge in [0.1, 0.15) is 45.9 Å². The topological polar surface area (TPSA) is 185 Å². The normalized spacial score (nSPS) is 18.9. The average Bonchev–Trinajstić information content (AvgIpc) is 2.45. The van der Waals surface area contributed by atoms with Gasteiger partial charge in [-0.3, -0.25) is 4.90 Å². The summed E-state index contributed by atoms with van der Waals surface area (Å²) >= 11 is 3.27. The molecule has 2 aromatic carbocycles. The van der Waals surface area contributed by atoms with Crippen LogP contribution < -0.4 is 25.8 Å². The standard InChI is InChI=1S/C34H42FN7O2.C26H27FN6.C8H16BrNO2/c1-34(2,3)44-33(43)36-16-7-17-40-18-20-41(21-19-40)32-13-6-12-29(38-32)30-23-37-31-15-14-28(39-42(30)31)27-11-5-10-26(27)24-8-4-9-25(35)22-24;27-19-5-1-4-18(16-19)20-6-2-7-21(20)22-10-11-25-29-17-24(33(25)31-22)23-8-3-9-26(30-23)32-14-12-28-13-15-32;1-8(2,3)12-7(11)10-6-4-5-9/h4,6,8-9,12-15,22-23,26-27H,5,7,10-11,16-21H2,1-3H3,(H,36,43);1,3-5,8-11,16-17,20-21,28H,2,6-7,12-15H2;4-6H2,1-3H3,(H,10,11)/t26-,27?;20-,21?;/m11./s1. The number of nitrogens with one attached hydrogen (secondary N) is 3. The van der Waals surface area contributed by atoms with Crippen LogP contribution in [0.5, 0.6) is 0 Å². The van der Waals surface area contributed by atoms with Gasteiger partial charge in [-0.25, -0.2) is 47.3 Å². The highest BCUT2D eigenvalue weighted by Gasteiger charge is 2.34. The third-order valence-corrected chi connectivity index (χ3v) is 17.1. The maximum atomic E-state index is 14.0. The number of imidazole rings is 2. The van der Waals surface area contributed by atoms with E-state index in [9.17, 15) is 18.4 Å². The number of hydrogen-bond acceptors (Lipinski definition) is 14. The Morgan fingerprint density at radius 3 is 1.48 bits per heavy atom. The quantitative estimate of drug-likeness (QED) is 0.0650. The first-order valence-electron chi connectivity index (χ1n) is 31.5. The number of pyridine rings is 2. The van der Waals surface area contributed by atoms with Crippen LogP contribution in [0.1, 0.15) is 139 Å². The number of halogens is 3. The monoisotopic (exact) mass is 1280 g/mol. The molecule has 4 atom stereocenters. The van der Waals surface area contributed by atoms with Gasteiger partial charge in [0.05, 0.1) is 35.2 Å². The lowest BCUT2D eigenvalue weighted by atomic mass is 9.86. The van der Waals surface area contributed by atoms with Gasteiger partial charge in [0, 0.05) is 82.6 Å². The number of carbonyl (C=O) groups excluding carboxylic acids is 2. The van der Waals surface area contributed by atoms with Crippen molar-refractivity contribution in [1.29, 1.82) is 0 Å². The van der Waals surface area contributed by atoms with Crippen molar-refractivity contribution < 1.29 is 27.8 Å². The Bertz CT molecular complexity index is 3630. The second-order valence-electron chi connectivity index (χ2n) is 25.3. The molecule has 2 saturated carbocycles. The van der Waals surface area contributed by atoms with Crippen LogP contribution >= 0.6 is 15.9 Å². The van der Waals surface area contributed by atoms with E-state index in [4.69, 9.17) is 29.6 Å². The van der Waals surface area contributed by atoms with E-state index in [1.165, 1.54) is 12.1 Å². The molecule has 0 spiro atoms. The van der Waals surface area contributed by atoms with Crippen LogP contribution in [-0.2, 0) is 9.47 Å². The van der Waals surface area contributed by atoms with Crippen LogP contribution in [0, 0.1) is 11.6 Å². The Morgan fingerprint density at radius 2 is 1.02 bits per heavy atom. The summed E-state index contributed by atoms with van der Waals surface area (Å²) in [6.07, 6.45) is 11.2. The zero-order valence-electron chi connectivity index (χ0n) is 52.2. The van der Waals surface area contributed by atoms with Crippen LogP contribution in [0.3, 0.4) is 0 Å². The number of alkyl halides is 1. The van der Waals surface area contributed by atoms with E-state index < -0.39 is 11.2 Å². The molecule has 18 nitrogen and oxygen atoms in total. The minimum atomic E-state index is -0.485. The smallest absolute Gasteiger partial charge is 0.407 e. The van der Waals surface area contributed by atoms with Crippen LogP contribution in [0.25, 0.3) is 34.1 Å². The van der Waals surface area contributed by atoms with Gasteiger partial charge in [0.15, 0.2) is 11.3 Å². The van der Waals surface area contributed by atoms with E-state index in [0.29, 0.717) is 13.1 Å². The fourth-order valence-electron chi connectivity index (χ4n) is 12.4. The number of nitrogens with zero attached hydrogens (tertiary/aromatic N) is 11. The van der Waals surface area contributed by atoms with Gasteiger partial charge in [-0.05, 0) is 182 Å². The van der Waals surface area contributed by atoms with Gasteiger partial charge in [0.2, 0.25) is 0 Å². The third-order valence-electron chi connectivity index (χ3n) is 16.5. The summed E-state index contributed by atoms with van der Waals surface area (Å²) in [7, 11) is 0. The highest BCUT2D eigenvalue weighted by Crippen LogP contribution is 2.47. The molecule has 2 aliphatic carbocycles. The lowest BCUT2D eigenvalue weighted by Crippen LogP contribution is -2.47. The number of piperazine rings is 2. The minimum Gasteiger partial charge on any atom is -0.444 e. The lowest BCUT2D eigenvalue weighted by molar-refractivity contribution is 0.0515. The molecule has 472 valence electrons. The first-order valence-corrected chi connectivity index (χ1v) is 32.6. The number of rotatable bonds is 15. The molecule has 89 heavy (non-hydrogen) atoms. The van der Waals surface area contributed by atoms with E-state index in [2.05, 4.69) is 86.9 Å². The van der Waals surface area contributed by atoms with Gasteiger partial charge >= 0.3 is 12.2 Å². The van der Waals surface area contributed by atoms with Crippen molar-refractivity contribution in [3.05, 3.63) is 156 Å². The molecular weight excluding hydrogens is 1190 g/mol. The van der Waals surface area contributed by atoms with E-state index in [1.807, 2.05) is 111 Å². The molecule has 8 aromatic rings. The van der Waals surface area contributed by atoms with E-state index >= 15 is 0 Å². The summed E-state index contributed by atoms with van der Waals surface area (Å²) in [5.41, 5.74) is 8.32. The van der Waals surface area contributed by atoms with E-state index in [0.717, 1.165) is 184 Å². The van der Waals surface area contributed by atoms with Crippen molar-refractivity contribution in [2.75, 3.05) is 87.1 Å². The SMILES string of the molecule is CC(C)(C)OC(=O)NCCCBr.CC(C)(C)OC(=O)NCCCN1CCN(c2cccc(-c3cnc4ccc(C5CCC[C@@H]5c5cccc(F)c5)nn34)n2)CC1.Fc1cccc([C@H]2CCCC2c2ccc3ncc(-c4cccc(N5CCNCC5)n4)n3n2)c1. The summed E-state index contributed by atoms with van der Waals surface area (Å²) in [5.74, 6) is 2.62. The van der Waals surface area contributed by atoms with Gasteiger partial charge in [-0.1, -0.05) is 65.2 Å². The first-order chi connectivity index (χ1) is 42.9. The van der Waals surface area contributed by atoms with E-state index in [-0.39, 0.29) is 47.5 Å². The summed E-state index contributed by atoms with van der Waals surface area (Å²) < 4.78 is 42.1. The molecule has 4 fully saturated rings. The third kappa shape index (κ3) is 17.4. The molecule has 2 unspecified atom stereocenters. The molecule has 4 aliphatic rings. The maximum Gasteiger partial charge on any atom is 0.407 e. The Morgan fingerprint density at radius 1 is 0.573 bits per heavy atom. The molecule has 21 heteroatoms. The number of hydrogen-bond donors (Lipinski definition) is 3. The Labute approximate surface area is 529 Å². The largest absolute Gasteiger partial charge is 0.444 e. The van der Waals surface area contributed by atoms with E-state index in [1.54, 1.807) is 18.2 Å². The van der Waals surface area contributed by atoms with Crippen molar-refractivity contribution in [2.45, 2.75) is 128 Å². The molecule has 2 amide bonds. The highest BCUT2D eigenvalue weighted by molar-refractivity contribution is 9.09. The molecule has 3 N–H and O–H groups in total. The zero-order chi connectivity index (χ0) is 62.5. The minimum absolute atomic E-state index is 0.172. The molecule has 2 saturated heterocycles. The second kappa shape index (κ2) is 29.8. The average molecular weight is 1280 g/mol. The number of benzene rings is 2. The molecular formula is C68H85BrF2N14O4. The van der Waals surface area contributed by atoms with Crippen LogP contribution in [0.4, 0.5) is 30.0 Å². The molecule has 8 heterocycles. The second-order valence-corrected chi connectivity index (χ2v) is 26.1. The van der Waals surface area contributed by atoms with Gasteiger partial charge in [0.25, 0.3) is 0 Å². The number of carbonyl (C=O) groups is 2. The Hall–Kier alpha value is -7.62. The van der Waals surface area contributed by atoms with Crippen molar-refractivity contribution in [3.63, 3.8) is 0 Å². The Balaban J connectivity index is 0.000000170. The van der Waals surface area contributed by atoms with Crippen LogP contribution in [0.15, 0.2) is 122 Å². The lowest BCUT2D eigenvalue weighted by Gasteiger charge is -2.35. The number of anilines is 2. The fourth-order valence-corrected chi connectivity index (χ4v) is 12.7. The van der Waals surface area contributed by atoms with Crippen molar-refractivity contribution in [2.24, 2.45) is 0 Å². The number of fused-ring (bicyclic) bond motifs is 2. The van der Waals surface area contributed by atoms with Gasteiger partial charge < -0.3 is 35.2 Å². The molecule has 0 bridgehead atoms. The first kappa shape index (κ1) is 64.4. The van der Waals surface area contributed by atoms with Gasteiger partial charge in [-0.2, -0.15) is 10.2 Å². The maximum absolute atomic E-state index is 14.0. The molecule has 0 radical (unpaired) electrons. The number of amides is 2. The highest BCUT2D eigenvalue weighted by atomic mass is 79.9. The predicted molar refractivity (Wildman–Crippen MR) is 349 cm³/mol. The molecule has 6 aromatic heterocycles. The Kier molecular flexibility index (Phi) is 21.5. The number of alkyl carbamates (subject to hydrolysis) is 2. The van der Waals surface area contributed by atoms with Crippen LogP contribution in [0.2, 0.25) is 0 Å². The zero-order valence-corrected chi connectivity index (χ0v) is 53.8. The number of ether oxygens (including phenoxy) is 2. The summed E-state index contributed by atoms with van der Waals surface area (Å²) in [6.45, 7) is 20.8. The summed E-state index contributed by atoms with van der Waals surface area (Å²) in [6, 6.07) is 34.5. The van der Waals surface area contributed by atoms with Crippen LogP contribution in [-0.4, -0.2) is 145 Å². The molecule has 2 aliphatic heterocycles. The summed E-state index contributed by atoms with van der Waals surface area (Å²) in [5, 5.41) is 19.9. The van der Waals surface area contributed by atoms with Crippen molar-refractivity contribution in [3.8, 4) is 22.8 Å².